The smallest absolute Gasteiger partial charge is 0.220 e. The molecule has 2 aromatic rings. The third-order valence-electron chi connectivity index (χ3n) is 5.43. The summed E-state index contributed by atoms with van der Waals surface area (Å²) in [5.41, 5.74) is 3.44. The summed E-state index contributed by atoms with van der Waals surface area (Å²) >= 11 is 0. The Labute approximate surface area is 172 Å². The van der Waals surface area contributed by atoms with E-state index in [1.54, 1.807) is 28.4 Å². The Hall–Kier alpha value is -2.89. The molecule has 1 aliphatic rings. The molecule has 1 aliphatic carbocycles. The molecule has 3 rings (SSSR count). The molecule has 6 nitrogen and oxygen atoms in total. The average Bonchev–Trinajstić information content (AvgIpc) is 2.76. The summed E-state index contributed by atoms with van der Waals surface area (Å²) in [5.74, 6) is 2.84. The summed E-state index contributed by atoms with van der Waals surface area (Å²) in [6.07, 6.45) is 3.63. The van der Waals surface area contributed by atoms with Crippen LogP contribution in [0.1, 0.15) is 41.9 Å². The van der Waals surface area contributed by atoms with Crippen molar-refractivity contribution in [1.82, 2.24) is 5.32 Å². The van der Waals surface area contributed by atoms with Crippen LogP contribution in [0.4, 0.5) is 0 Å². The number of hydrogen-bond acceptors (Lipinski definition) is 5. The van der Waals surface area contributed by atoms with Crippen molar-refractivity contribution in [2.75, 3.05) is 28.4 Å². The molecule has 0 aromatic heterocycles. The normalized spacial score (nSPS) is 15.2. The SMILES string of the molecule is COc1ccc2c(c1)CCCC2CC(=O)NCc1cc(OC)c(OC)c(OC)c1. The second-order valence-corrected chi connectivity index (χ2v) is 7.17. The zero-order valence-corrected chi connectivity index (χ0v) is 17.5. The van der Waals surface area contributed by atoms with E-state index in [0.29, 0.717) is 30.2 Å². The molecule has 1 atom stereocenters. The molecule has 0 saturated heterocycles. The monoisotopic (exact) mass is 399 g/mol. The molecule has 2 aromatic carbocycles. The summed E-state index contributed by atoms with van der Waals surface area (Å²) in [4.78, 5) is 12.6. The van der Waals surface area contributed by atoms with Crippen LogP contribution in [-0.2, 0) is 17.8 Å². The Morgan fingerprint density at radius 2 is 1.72 bits per heavy atom. The summed E-state index contributed by atoms with van der Waals surface area (Å²) < 4.78 is 21.4. The molecule has 29 heavy (non-hydrogen) atoms. The molecule has 0 saturated carbocycles. The van der Waals surface area contributed by atoms with E-state index in [4.69, 9.17) is 18.9 Å². The lowest BCUT2D eigenvalue weighted by Crippen LogP contribution is -2.26. The van der Waals surface area contributed by atoms with Crippen LogP contribution in [0.5, 0.6) is 23.0 Å². The Balaban J connectivity index is 1.66. The van der Waals surface area contributed by atoms with E-state index in [0.717, 1.165) is 30.6 Å². The fourth-order valence-corrected chi connectivity index (χ4v) is 3.96. The first-order chi connectivity index (χ1) is 14.1. The van der Waals surface area contributed by atoms with Gasteiger partial charge >= 0.3 is 0 Å². The molecule has 156 valence electrons. The zero-order valence-electron chi connectivity index (χ0n) is 17.5. The Kier molecular flexibility index (Phi) is 6.86. The second-order valence-electron chi connectivity index (χ2n) is 7.17. The van der Waals surface area contributed by atoms with Gasteiger partial charge in [0.2, 0.25) is 11.7 Å². The number of nitrogens with one attached hydrogen (secondary N) is 1. The molecule has 1 N–H and O–H groups in total. The Morgan fingerprint density at radius 1 is 1.00 bits per heavy atom. The van der Waals surface area contributed by atoms with Crippen LogP contribution in [0.3, 0.4) is 0 Å². The predicted molar refractivity (Wildman–Crippen MR) is 111 cm³/mol. The first-order valence-corrected chi connectivity index (χ1v) is 9.82. The number of fused-ring (bicyclic) bond motifs is 1. The molecule has 6 heteroatoms. The Morgan fingerprint density at radius 3 is 2.34 bits per heavy atom. The maximum absolute atomic E-state index is 12.6. The van der Waals surface area contributed by atoms with Crippen LogP contribution >= 0.6 is 0 Å². The fourth-order valence-electron chi connectivity index (χ4n) is 3.96. The molecule has 0 aliphatic heterocycles. The van der Waals surface area contributed by atoms with E-state index in [1.165, 1.54) is 11.1 Å². The molecule has 1 unspecified atom stereocenters. The molecule has 0 fully saturated rings. The minimum absolute atomic E-state index is 0.0346. The average molecular weight is 399 g/mol. The van der Waals surface area contributed by atoms with Gasteiger partial charge in [0.25, 0.3) is 0 Å². The highest BCUT2D eigenvalue weighted by Gasteiger charge is 2.23. The van der Waals surface area contributed by atoms with Crippen molar-refractivity contribution in [1.29, 1.82) is 0 Å². The molecular formula is C23H29NO5. The van der Waals surface area contributed by atoms with Gasteiger partial charge in [-0.2, -0.15) is 0 Å². The van der Waals surface area contributed by atoms with Gasteiger partial charge in [0.15, 0.2) is 11.5 Å². The van der Waals surface area contributed by atoms with Crippen molar-refractivity contribution < 1.29 is 23.7 Å². The number of aryl methyl sites for hydroxylation is 1. The lowest BCUT2D eigenvalue weighted by molar-refractivity contribution is -0.121. The highest BCUT2D eigenvalue weighted by Crippen LogP contribution is 2.38. The summed E-state index contributed by atoms with van der Waals surface area (Å²) in [7, 11) is 6.41. The van der Waals surface area contributed by atoms with Crippen LogP contribution in [0, 0.1) is 0 Å². The number of carbonyl (C=O) groups excluding carboxylic acids is 1. The van der Waals surface area contributed by atoms with Gasteiger partial charge in [-0.15, -0.1) is 0 Å². The van der Waals surface area contributed by atoms with Crippen molar-refractivity contribution in [2.45, 2.75) is 38.1 Å². The molecule has 0 heterocycles. The molecule has 0 bridgehead atoms. The summed E-state index contributed by atoms with van der Waals surface area (Å²) in [6.45, 7) is 0.401. The number of hydrogen-bond donors (Lipinski definition) is 1. The predicted octanol–water partition coefficient (Wildman–Crippen LogP) is 3.85. The summed E-state index contributed by atoms with van der Waals surface area (Å²) in [5, 5.41) is 3.02. The van der Waals surface area contributed by atoms with Crippen molar-refractivity contribution in [3.8, 4) is 23.0 Å². The van der Waals surface area contributed by atoms with Crippen molar-refractivity contribution >= 4 is 5.91 Å². The van der Waals surface area contributed by atoms with Gasteiger partial charge in [0.05, 0.1) is 28.4 Å². The summed E-state index contributed by atoms with van der Waals surface area (Å²) in [6, 6.07) is 9.87. The second kappa shape index (κ2) is 9.54. The third-order valence-corrected chi connectivity index (χ3v) is 5.43. The van der Waals surface area contributed by atoms with Crippen LogP contribution in [0.2, 0.25) is 0 Å². The van der Waals surface area contributed by atoms with E-state index >= 15 is 0 Å². The number of carbonyl (C=O) groups is 1. The largest absolute Gasteiger partial charge is 0.497 e. The van der Waals surface area contributed by atoms with Crippen LogP contribution in [0.25, 0.3) is 0 Å². The van der Waals surface area contributed by atoms with Gasteiger partial charge in [-0.1, -0.05) is 6.07 Å². The molecule has 1 amide bonds. The topological polar surface area (TPSA) is 66.0 Å². The van der Waals surface area contributed by atoms with E-state index in [-0.39, 0.29) is 11.8 Å². The van der Waals surface area contributed by atoms with Crippen LogP contribution < -0.4 is 24.3 Å². The molecular weight excluding hydrogens is 370 g/mol. The van der Waals surface area contributed by atoms with Gasteiger partial charge in [-0.3, -0.25) is 4.79 Å². The zero-order chi connectivity index (χ0) is 20.8. The number of ether oxygens (including phenoxy) is 4. The maximum Gasteiger partial charge on any atom is 0.220 e. The lowest BCUT2D eigenvalue weighted by Gasteiger charge is -2.25. The van der Waals surface area contributed by atoms with Gasteiger partial charge < -0.3 is 24.3 Å². The standard InChI is InChI=1S/C23H29NO5/c1-26-18-8-9-19-16(12-18)6-5-7-17(19)13-22(25)24-14-15-10-20(27-2)23(29-4)21(11-15)28-3/h8-12,17H,5-7,13-14H2,1-4H3,(H,24,25). The van der Waals surface area contributed by atoms with E-state index in [2.05, 4.69) is 17.4 Å². The highest BCUT2D eigenvalue weighted by molar-refractivity contribution is 5.77. The number of benzene rings is 2. The number of methoxy groups -OCH3 is 4. The quantitative estimate of drug-likeness (QED) is 0.730. The highest BCUT2D eigenvalue weighted by atomic mass is 16.5. The van der Waals surface area contributed by atoms with E-state index in [9.17, 15) is 4.79 Å². The first kappa shape index (κ1) is 20.8. The minimum atomic E-state index is 0.0346. The van der Waals surface area contributed by atoms with Gasteiger partial charge in [-0.05, 0) is 66.1 Å². The van der Waals surface area contributed by atoms with Crippen molar-refractivity contribution in [3.63, 3.8) is 0 Å². The van der Waals surface area contributed by atoms with Gasteiger partial charge in [0, 0.05) is 13.0 Å². The number of amides is 1. The minimum Gasteiger partial charge on any atom is -0.497 e. The lowest BCUT2D eigenvalue weighted by atomic mass is 9.81. The van der Waals surface area contributed by atoms with Crippen molar-refractivity contribution in [3.05, 3.63) is 47.0 Å². The van der Waals surface area contributed by atoms with Crippen LogP contribution in [-0.4, -0.2) is 34.3 Å². The van der Waals surface area contributed by atoms with Gasteiger partial charge in [-0.25, -0.2) is 0 Å². The third kappa shape index (κ3) is 4.75. The molecule has 0 spiro atoms. The van der Waals surface area contributed by atoms with E-state index in [1.807, 2.05) is 18.2 Å². The van der Waals surface area contributed by atoms with E-state index < -0.39 is 0 Å². The Bertz CT molecular complexity index is 839. The first-order valence-electron chi connectivity index (χ1n) is 9.82. The maximum atomic E-state index is 12.6. The van der Waals surface area contributed by atoms with Crippen LogP contribution in [0.15, 0.2) is 30.3 Å². The molecule has 0 radical (unpaired) electrons. The fraction of sp³-hybridized carbons (Fsp3) is 0.435. The van der Waals surface area contributed by atoms with Crippen molar-refractivity contribution in [2.24, 2.45) is 0 Å². The van der Waals surface area contributed by atoms with Gasteiger partial charge in [0.1, 0.15) is 5.75 Å². The number of rotatable bonds is 8.